The lowest BCUT2D eigenvalue weighted by atomic mass is 9.87. The minimum absolute atomic E-state index is 0.00115. The van der Waals surface area contributed by atoms with E-state index in [1.807, 2.05) is 0 Å². The number of anilines is 1. The molecule has 7 heterocycles. The monoisotopic (exact) mass is 558 g/mol. The van der Waals surface area contributed by atoms with Crippen LogP contribution in [0.4, 0.5) is 5.82 Å². The number of methoxy groups -OCH3 is 1. The zero-order valence-corrected chi connectivity index (χ0v) is 22.4. The van der Waals surface area contributed by atoms with E-state index in [4.69, 9.17) is 19.7 Å². The Morgan fingerprint density at radius 3 is 2.73 bits per heavy atom. The Hall–Kier alpha value is -4.24. The summed E-state index contributed by atoms with van der Waals surface area (Å²) in [5.41, 5.74) is 2.24. The molecule has 11 heteroatoms. The Bertz CT molecular complexity index is 1820. The van der Waals surface area contributed by atoms with Gasteiger partial charge in [0.25, 0.3) is 0 Å². The largest absolute Gasteiger partial charge is 0.497 e. The first kappa shape index (κ1) is 19.8. The molecule has 1 aromatic carbocycles. The van der Waals surface area contributed by atoms with Crippen molar-refractivity contribution in [3.05, 3.63) is 66.2 Å². The molecule has 0 saturated carbocycles. The first-order valence-corrected chi connectivity index (χ1v) is 13.3. The molecule has 0 amide bonds. The van der Waals surface area contributed by atoms with Gasteiger partial charge in [-0.05, 0) is 30.2 Å². The number of ether oxygens (including phenoxy) is 3. The number of hydrogen-bond acceptors (Lipinski definition) is 10. The van der Waals surface area contributed by atoms with Crippen LogP contribution < -0.4 is 19.7 Å². The van der Waals surface area contributed by atoms with Crippen LogP contribution in [0.15, 0.2) is 55.1 Å². The van der Waals surface area contributed by atoms with Crippen LogP contribution in [-0.2, 0) is 11.3 Å². The molecular formula is C30H32N8O3. The highest BCUT2D eigenvalue weighted by molar-refractivity contribution is 5.83. The lowest BCUT2D eigenvalue weighted by Gasteiger charge is -2.56. The molecule has 4 fully saturated rings. The molecule has 0 aliphatic carbocycles. The molecule has 41 heavy (non-hydrogen) atoms. The van der Waals surface area contributed by atoms with Gasteiger partial charge < -0.3 is 24.4 Å². The second kappa shape index (κ2) is 11.0. The van der Waals surface area contributed by atoms with Gasteiger partial charge in [0.2, 0.25) is 0 Å². The number of nitrogens with one attached hydrogen (secondary N) is 1. The highest BCUT2D eigenvalue weighted by Gasteiger charge is 2.44. The molecule has 2 unspecified atom stereocenters. The van der Waals surface area contributed by atoms with E-state index >= 15 is 0 Å². The Morgan fingerprint density at radius 2 is 2.02 bits per heavy atom. The normalized spacial score (nSPS) is 30.4. The summed E-state index contributed by atoms with van der Waals surface area (Å²) < 4.78 is 73.0. The maximum absolute atomic E-state index is 9.75. The summed E-state index contributed by atoms with van der Waals surface area (Å²) in [4.78, 5) is 11.0. The molecule has 4 aliphatic rings. The summed E-state index contributed by atoms with van der Waals surface area (Å²) in [6.07, 6.45) is 5.18. The summed E-state index contributed by atoms with van der Waals surface area (Å²) in [5, 5.41) is 17.3. The van der Waals surface area contributed by atoms with Crippen LogP contribution in [0.1, 0.15) is 25.8 Å². The van der Waals surface area contributed by atoms with E-state index in [9.17, 15) is 8.00 Å². The number of pyridine rings is 1. The number of nitriles is 1. The van der Waals surface area contributed by atoms with Gasteiger partial charge >= 0.3 is 0 Å². The lowest BCUT2D eigenvalue weighted by molar-refractivity contribution is -0.00870. The summed E-state index contributed by atoms with van der Waals surface area (Å²) in [5.74, 6) is 0.912. The molecule has 3 atom stereocenters. The zero-order valence-electron chi connectivity index (χ0n) is 28.4. The number of morpholine rings is 1. The molecular weight excluding hydrogens is 520 g/mol. The molecule has 0 spiro atoms. The highest BCUT2D eigenvalue weighted by atomic mass is 16.5. The van der Waals surface area contributed by atoms with Gasteiger partial charge in [0.15, 0.2) is 0 Å². The van der Waals surface area contributed by atoms with Crippen molar-refractivity contribution in [2.75, 3.05) is 51.3 Å². The Morgan fingerprint density at radius 1 is 1.17 bits per heavy atom. The van der Waals surface area contributed by atoms with E-state index < -0.39 is 25.0 Å². The highest BCUT2D eigenvalue weighted by Crippen LogP contribution is 2.36. The van der Waals surface area contributed by atoms with E-state index in [-0.39, 0.29) is 31.5 Å². The minimum atomic E-state index is -2.60. The van der Waals surface area contributed by atoms with Crippen LogP contribution >= 0.6 is 0 Å². The topological polar surface area (TPSA) is 113 Å². The minimum Gasteiger partial charge on any atom is -0.497 e. The van der Waals surface area contributed by atoms with Crippen molar-refractivity contribution in [2.45, 2.75) is 31.1 Å². The fourth-order valence-corrected chi connectivity index (χ4v) is 5.07. The summed E-state index contributed by atoms with van der Waals surface area (Å²) in [7, 11) is 1.54. The first-order valence-electron chi connectivity index (χ1n) is 16.3. The van der Waals surface area contributed by atoms with Gasteiger partial charge in [-0.1, -0.05) is 12.1 Å². The molecule has 4 saturated heterocycles. The smallest absolute Gasteiger partial charge is 0.147 e. The lowest BCUT2D eigenvalue weighted by Crippen LogP contribution is -2.68. The van der Waals surface area contributed by atoms with Crippen LogP contribution in [0.25, 0.3) is 16.8 Å². The summed E-state index contributed by atoms with van der Waals surface area (Å²) in [6.45, 7) is -2.90. The number of benzene rings is 1. The van der Waals surface area contributed by atoms with Crippen LogP contribution in [0.3, 0.4) is 0 Å². The molecule has 1 N–H and O–H groups in total. The number of aromatic nitrogens is 4. The number of rotatable bonds is 8. The van der Waals surface area contributed by atoms with Gasteiger partial charge in [0.05, 0.1) is 60.8 Å². The van der Waals surface area contributed by atoms with Crippen LogP contribution in [0.2, 0.25) is 0 Å². The van der Waals surface area contributed by atoms with E-state index in [1.54, 1.807) is 43.6 Å². The van der Waals surface area contributed by atoms with Crippen LogP contribution in [0, 0.1) is 11.3 Å². The van der Waals surface area contributed by atoms with Crippen molar-refractivity contribution in [2.24, 2.45) is 0 Å². The quantitative estimate of drug-likeness (QED) is 0.346. The van der Waals surface area contributed by atoms with E-state index in [2.05, 4.69) is 26.5 Å². The number of hydrogen-bond donors (Lipinski definition) is 1. The Balaban J connectivity index is 1.20. The molecule has 4 aliphatic heterocycles. The van der Waals surface area contributed by atoms with Crippen LogP contribution in [-0.4, -0.2) is 89.0 Å². The van der Waals surface area contributed by atoms with E-state index in [0.29, 0.717) is 52.6 Å². The van der Waals surface area contributed by atoms with Crippen molar-refractivity contribution in [1.29, 1.82) is 5.26 Å². The standard InChI is InChI=1S/C30H32N8O3/c1-39-24-4-2-20(3-5-24)15-37-22-8-23(37)17-36(16-22)29-14-33-28(13-34-29)27-9-25(41-19-26-12-32-6-7-40-26)18-38-30(27)21(10-31)11-35-38/h2-5,9,11,13-14,18,22-23,26,32H,6-8,12,15-17,19H2,1H3/t22?,23?,26-/m1/s1/i16D2,17D2,22D,23D. The van der Waals surface area contributed by atoms with E-state index in [1.165, 1.54) is 28.0 Å². The van der Waals surface area contributed by atoms with Crippen molar-refractivity contribution in [3.63, 3.8) is 0 Å². The number of fused-ring (bicyclic) bond motifs is 3. The maximum atomic E-state index is 9.75. The van der Waals surface area contributed by atoms with E-state index in [0.717, 1.165) is 11.4 Å². The zero-order chi connectivity index (χ0) is 33.2. The third-order valence-electron chi connectivity index (χ3n) is 7.26. The average Bonchev–Trinajstić information content (AvgIpc) is 3.49. The first-order chi connectivity index (χ1) is 22.4. The summed E-state index contributed by atoms with van der Waals surface area (Å²) >= 11 is 0. The van der Waals surface area contributed by atoms with Gasteiger partial charge in [-0.3, -0.25) is 9.88 Å². The molecule has 0 radical (unpaired) electrons. The maximum Gasteiger partial charge on any atom is 0.147 e. The SMILES string of the molecule is [2H]C1([2H])N(c2cnc(-c3cc(OC[C@H]4CNCCO4)cn4ncc(C#N)c34)cn2)C([2H])([2H])C2([2H])CC1([2H])N2Cc1ccc(OC)cc1. The summed E-state index contributed by atoms with van der Waals surface area (Å²) in [6, 6.07) is 6.91. The van der Waals surface area contributed by atoms with Gasteiger partial charge in [-0.25, -0.2) is 9.50 Å². The number of nitrogens with zero attached hydrogens (tertiary/aromatic N) is 7. The average molecular weight is 559 g/mol. The Kier molecular flexibility index (Phi) is 5.29. The Labute approximate surface area is 246 Å². The third kappa shape index (κ3) is 5.06. The van der Waals surface area contributed by atoms with Gasteiger partial charge in [-0.15, -0.1) is 0 Å². The van der Waals surface area contributed by atoms with Crippen molar-refractivity contribution in [1.82, 2.24) is 29.8 Å². The number of piperazine rings is 1. The van der Waals surface area contributed by atoms with Gasteiger partial charge in [0, 0.05) is 53.0 Å². The van der Waals surface area contributed by atoms with Crippen molar-refractivity contribution < 1.29 is 22.4 Å². The molecule has 3 aromatic heterocycles. The van der Waals surface area contributed by atoms with Gasteiger partial charge in [-0.2, -0.15) is 10.4 Å². The van der Waals surface area contributed by atoms with Crippen molar-refractivity contribution in [3.8, 4) is 28.8 Å². The fraction of sp³-hybridized carbons (Fsp3) is 0.400. The second-order valence-corrected chi connectivity index (χ2v) is 9.88. The number of piperidine rings is 1. The predicted octanol–water partition coefficient (Wildman–Crippen LogP) is 2.50. The fourth-order valence-electron chi connectivity index (χ4n) is 5.07. The van der Waals surface area contributed by atoms with Crippen LogP contribution in [0.5, 0.6) is 11.5 Å². The molecule has 8 rings (SSSR count). The van der Waals surface area contributed by atoms with Gasteiger partial charge in [0.1, 0.15) is 36.1 Å². The molecule has 4 aromatic rings. The van der Waals surface area contributed by atoms with Crippen molar-refractivity contribution >= 4 is 11.3 Å². The molecule has 210 valence electrons. The third-order valence-corrected chi connectivity index (χ3v) is 7.26. The molecule has 2 bridgehead atoms. The molecule has 11 nitrogen and oxygen atoms in total. The predicted molar refractivity (Wildman–Crippen MR) is 152 cm³/mol. The second-order valence-electron chi connectivity index (χ2n) is 9.88.